The minimum absolute atomic E-state index is 0. The van der Waals surface area contributed by atoms with Crippen LogP contribution in [0.1, 0.15) is 39.0 Å². The van der Waals surface area contributed by atoms with E-state index in [2.05, 4.69) is 17.6 Å². The number of rotatable bonds is 8. The van der Waals surface area contributed by atoms with Crippen LogP contribution >= 0.6 is 24.0 Å². The van der Waals surface area contributed by atoms with Crippen LogP contribution in [-0.2, 0) is 14.6 Å². The quantitative estimate of drug-likeness (QED) is 0.648. The summed E-state index contributed by atoms with van der Waals surface area (Å²) in [6.45, 7) is 4.01. The lowest BCUT2D eigenvalue weighted by Crippen LogP contribution is -2.51. The van der Waals surface area contributed by atoms with E-state index < -0.39 is 14.6 Å². The van der Waals surface area contributed by atoms with Crippen LogP contribution in [0.2, 0.25) is 5.02 Å². The largest absolute Gasteiger partial charge is 0.353 e. The number of amides is 1. The van der Waals surface area contributed by atoms with E-state index in [9.17, 15) is 13.2 Å². The average Bonchev–Trinajstić information content (AvgIpc) is 3.06. The third-order valence-electron chi connectivity index (χ3n) is 4.48. The molecule has 8 heteroatoms. The number of hydrogen-bond donors (Lipinski definition) is 2. The molecule has 25 heavy (non-hydrogen) atoms. The first-order valence-electron chi connectivity index (χ1n) is 8.43. The zero-order valence-corrected chi connectivity index (χ0v) is 16.8. The molecule has 1 aromatic carbocycles. The first-order valence-corrected chi connectivity index (χ1v) is 10.3. The van der Waals surface area contributed by atoms with Crippen molar-refractivity contribution in [1.29, 1.82) is 0 Å². The van der Waals surface area contributed by atoms with Gasteiger partial charge in [-0.15, -0.1) is 12.4 Å². The van der Waals surface area contributed by atoms with Gasteiger partial charge in [0.15, 0.2) is 14.6 Å². The van der Waals surface area contributed by atoms with Crippen molar-refractivity contribution in [3.63, 3.8) is 0 Å². The summed E-state index contributed by atoms with van der Waals surface area (Å²) in [6, 6.07) is 6.05. The molecular formula is C17H26Cl2N2O3S. The Morgan fingerprint density at radius 1 is 1.12 bits per heavy atom. The topological polar surface area (TPSA) is 75.3 Å². The highest BCUT2D eigenvalue weighted by atomic mass is 35.5. The average molecular weight is 409 g/mol. The summed E-state index contributed by atoms with van der Waals surface area (Å²) in [5.41, 5.74) is 0. The van der Waals surface area contributed by atoms with Crippen LogP contribution in [0.5, 0.6) is 0 Å². The van der Waals surface area contributed by atoms with Crippen LogP contribution in [0.15, 0.2) is 29.2 Å². The second-order valence-electron chi connectivity index (χ2n) is 6.16. The van der Waals surface area contributed by atoms with Gasteiger partial charge >= 0.3 is 0 Å². The fraction of sp³-hybridized carbons (Fsp3) is 0.588. The maximum absolute atomic E-state index is 13.1. The van der Waals surface area contributed by atoms with E-state index in [4.69, 9.17) is 11.6 Å². The Bertz CT molecular complexity index is 657. The van der Waals surface area contributed by atoms with Gasteiger partial charge < -0.3 is 10.6 Å². The molecule has 142 valence electrons. The molecule has 5 nitrogen and oxygen atoms in total. The lowest BCUT2D eigenvalue weighted by atomic mass is 10.1. The molecule has 0 spiro atoms. The van der Waals surface area contributed by atoms with Crippen molar-refractivity contribution in [2.45, 2.75) is 48.7 Å². The number of carbonyl (C=O) groups excluding carboxylic acids is 1. The maximum Gasteiger partial charge on any atom is 0.241 e. The van der Waals surface area contributed by atoms with Gasteiger partial charge in [-0.05, 0) is 50.1 Å². The highest BCUT2D eigenvalue weighted by molar-refractivity contribution is 7.93. The molecule has 1 fully saturated rings. The monoisotopic (exact) mass is 408 g/mol. The first kappa shape index (κ1) is 22.2. The lowest BCUT2D eigenvalue weighted by molar-refractivity contribution is -0.123. The Balaban J connectivity index is 0.00000312. The molecular weight excluding hydrogens is 383 g/mol. The van der Waals surface area contributed by atoms with Crippen molar-refractivity contribution in [3.05, 3.63) is 29.3 Å². The van der Waals surface area contributed by atoms with Crippen molar-refractivity contribution in [3.8, 4) is 0 Å². The Morgan fingerprint density at radius 3 is 2.28 bits per heavy atom. The molecule has 0 bridgehead atoms. The highest BCUT2D eigenvalue weighted by Gasteiger charge is 2.52. The molecule has 0 radical (unpaired) electrons. The fourth-order valence-electron chi connectivity index (χ4n) is 3.13. The molecule has 1 aromatic rings. The second kappa shape index (κ2) is 9.76. The zero-order chi connectivity index (χ0) is 17.6. The number of sulfone groups is 1. The molecule has 0 atom stereocenters. The van der Waals surface area contributed by atoms with Crippen molar-refractivity contribution in [2.75, 3.05) is 19.6 Å². The van der Waals surface area contributed by atoms with Crippen LogP contribution in [0.25, 0.3) is 0 Å². The van der Waals surface area contributed by atoms with Crippen LogP contribution in [0, 0.1) is 0 Å². The molecule has 0 heterocycles. The zero-order valence-electron chi connectivity index (χ0n) is 14.4. The SMILES string of the molecule is CCCNCCNC(=O)C1(S(=O)(=O)c2ccc(Cl)cc2)CCCC1.Cl. The predicted molar refractivity (Wildman–Crippen MR) is 103 cm³/mol. The van der Waals surface area contributed by atoms with Crippen molar-refractivity contribution >= 4 is 39.8 Å². The number of carbonyl (C=O) groups is 1. The van der Waals surface area contributed by atoms with Gasteiger partial charge in [0.1, 0.15) is 0 Å². The summed E-state index contributed by atoms with van der Waals surface area (Å²) in [6.07, 6.45) is 3.24. The van der Waals surface area contributed by atoms with Crippen molar-refractivity contribution in [2.24, 2.45) is 0 Å². The Morgan fingerprint density at radius 2 is 1.72 bits per heavy atom. The minimum atomic E-state index is -3.75. The summed E-state index contributed by atoms with van der Waals surface area (Å²) in [7, 11) is -3.75. The molecule has 2 N–H and O–H groups in total. The second-order valence-corrected chi connectivity index (χ2v) is 8.86. The van der Waals surface area contributed by atoms with E-state index in [0.29, 0.717) is 31.0 Å². The van der Waals surface area contributed by atoms with Gasteiger partial charge in [-0.25, -0.2) is 8.42 Å². The standard InChI is InChI=1S/C17H25ClN2O3S.ClH/c1-2-11-19-12-13-20-16(21)17(9-3-4-10-17)24(22,23)15-7-5-14(18)6-8-15;/h5-8,19H,2-4,9-13H2,1H3,(H,20,21);1H. The molecule has 1 aliphatic rings. The van der Waals surface area contributed by atoms with Crippen LogP contribution < -0.4 is 10.6 Å². The van der Waals surface area contributed by atoms with Gasteiger partial charge in [0.25, 0.3) is 0 Å². The van der Waals surface area contributed by atoms with E-state index in [1.54, 1.807) is 12.1 Å². The highest BCUT2D eigenvalue weighted by Crippen LogP contribution is 2.40. The summed E-state index contributed by atoms with van der Waals surface area (Å²) in [5.74, 6) is -0.381. The molecule has 0 aliphatic heterocycles. The van der Waals surface area contributed by atoms with Crippen LogP contribution in [0.3, 0.4) is 0 Å². The van der Waals surface area contributed by atoms with Crippen molar-refractivity contribution < 1.29 is 13.2 Å². The number of halogens is 2. The van der Waals surface area contributed by atoms with E-state index in [0.717, 1.165) is 25.8 Å². The molecule has 1 saturated carbocycles. The lowest BCUT2D eigenvalue weighted by Gasteiger charge is -2.27. The predicted octanol–water partition coefficient (Wildman–Crippen LogP) is 2.96. The minimum Gasteiger partial charge on any atom is -0.353 e. The molecule has 0 unspecified atom stereocenters. The molecule has 1 amide bonds. The third-order valence-corrected chi connectivity index (χ3v) is 7.24. The van der Waals surface area contributed by atoms with Gasteiger partial charge in [-0.2, -0.15) is 0 Å². The summed E-state index contributed by atoms with van der Waals surface area (Å²) in [4.78, 5) is 12.9. The van der Waals surface area contributed by atoms with Gasteiger partial charge in [-0.3, -0.25) is 4.79 Å². The molecule has 0 aromatic heterocycles. The van der Waals surface area contributed by atoms with Gasteiger partial charge in [0, 0.05) is 18.1 Å². The number of benzene rings is 1. The van der Waals surface area contributed by atoms with Gasteiger partial charge in [0.2, 0.25) is 5.91 Å². The third kappa shape index (κ3) is 4.88. The Kier molecular flexibility index (Phi) is 8.68. The smallest absolute Gasteiger partial charge is 0.241 e. The molecule has 0 saturated heterocycles. The molecule has 2 rings (SSSR count). The van der Waals surface area contributed by atoms with Crippen molar-refractivity contribution in [1.82, 2.24) is 10.6 Å². The van der Waals surface area contributed by atoms with E-state index >= 15 is 0 Å². The number of nitrogens with one attached hydrogen (secondary N) is 2. The maximum atomic E-state index is 13.1. The normalized spacial score (nSPS) is 16.2. The van der Waals surface area contributed by atoms with Gasteiger partial charge in [0.05, 0.1) is 4.90 Å². The van der Waals surface area contributed by atoms with Gasteiger partial charge in [-0.1, -0.05) is 31.4 Å². The summed E-state index contributed by atoms with van der Waals surface area (Å²) >= 11 is 5.85. The van der Waals surface area contributed by atoms with Crippen LogP contribution in [0.4, 0.5) is 0 Å². The summed E-state index contributed by atoms with van der Waals surface area (Å²) < 4.78 is 24.9. The van der Waals surface area contributed by atoms with E-state index in [1.807, 2.05) is 0 Å². The van der Waals surface area contributed by atoms with Crippen LogP contribution in [-0.4, -0.2) is 38.7 Å². The first-order chi connectivity index (χ1) is 11.4. The fourth-order valence-corrected chi connectivity index (χ4v) is 5.34. The Hall–Kier alpha value is -0.820. The van der Waals surface area contributed by atoms with E-state index in [1.165, 1.54) is 12.1 Å². The van der Waals surface area contributed by atoms with E-state index in [-0.39, 0.29) is 23.2 Å². The Labute approximate surface area is 161 Å². The summed E-state index contributed by atoms with van der Waals surface area (Å²) in [5, 5.41) is 6.47. The number of hydrogen-bond acceptors (Lipinski definition) is 4. The molecule has 1 aliphatic carbocycles.